The van der Waals surface area contributed by atoms with E-state index in [2.05, 4.69) is 40.9 Å². The normalized spacial score (nSPS) is 24.1. The third-order valence-electron chi connectivity index (χ3n) is 3.81. The minimum absolute atomic E-state index is 0.0206. The van der Waals surface area contributed by atoms with Gasteiger partial charge in [-0.3, -0.25) is 4.79 Å². The van der Waals surface area contributed by atoms with Crippen molar-refractivity contribution in [1.29, 1.82) is 0 Å². The maximum atomic E-state index is 12.1. The predicted octanol–water partition coefficient (Wildman–Crippen LogP) is 1.91. The molecular weight excluding hydrogens is 270 g/mol. The summed E-state index contributed by atoms with van der Waals surface area (Å²) in [5.41, 5.74) is 2.27. The Morgan fingerprint density at radius 3 is 2.45 bits per heavy atom. The summed E-state index contributed by atoms with van der Waals surface area (Å²) in [7, 11) is 2.13. The van der Waals surface area contributed by atoms with Crippen molar-refractivity contribution in [3.63, 3.8) is 0 Å². The Morgan fingerprint density at radius 1 is 1.15 bits per heavy atom. The number of aryl methyl sites for hydroxylation is 1. The van der Waals surface area contributed by atoms with Gasteiger partial charge < -0.3 is 9.80 Å². The molecule has 0 radical (unpaired) electrons. The summed E-state index contributed by atoms with van der Waals surface area (Å²) in [4.78, 5) is 20.9. The van der Waals surface area contributed by atoms with E-state index in [-0.39, 0.29) is 11.2 Å². The van der Waals surface area contributed by atoms with E-state index in [1.807, 2.05) is 12.1 Å². The van der Waals surface area contributed by atoms with Crippen LogP contribution in [0.15, 0.2) is 29.3 Å². The molecule has 1 fully saturated rings. The molecule has 1 aromatic rings. The number of aliphatic imine (C=N–C) groups is 1. The molecule has 1 unspecified atom stereocenters. The lowest BCUT2D eigenvalue weighted by Gasteiger charge is -2.33. The SMILES string of the molecule is Cc1ccc(C2SC(N3CCN(C)CC3)=NC2=O)cc1. The summed E-state index contributed by atoms with van der Waals surface area (Å²) in [6.07, 6.45) is 0. The molecular formula is C15H19N3OS. The number of piperazine rings is 1. The van der Waals surface area contributed by atoms with Crippen LogP contribution in [0.1, 0.15) is 16.4 Å². The molecule has 4 nitrogen and oxygen atoms in total. The minimum Gasteiger partial charge on any atom is -0.348 e. The third kappa shape index (κ3) is 2.74. The zero-order valence-corrected chi connectivity index (χ0v) is 12.7. The first-order valence-corrected chi connectivity index (χ1v) is 7.81. The largest absolute Gasteiger partial charge is 0.348 e. The van der Waals surface area contributed by atoms with Gasteiger partial charge in [-0.2, -0.15) is 4.99 Å². The maximum absolute atomic E-state index is 12.1. The molecule has 1 saturated heterocycles. The lowest BCUT2D eigenvalue weighted by molar-refractivity contribution is -0.117. The molecule has 0 bridgehead atoms. The summed E-state index contributed by atoms with van der Waals surface area (Å²) in [5, 5.41) is 0.735. The summed E-state index contributed by atoms with van der Waals surface area (Å²) in [5.74, 6) is -0.0206. The second-order valence-electron chi connectivity index (χ2n) is 5.43. The van der Waals surface area contributed by atoms with Gasteiger partial charge in [-0.05, 0) is 19.5 Å². The van der Waals surface area contributed by atoms with E-state index in [1.54, 1.807) is 11.8 Å². The fraction of sp³-hybridized carbons (Fsp3) is 0.467. The monoisotopic (exact) mass is 289 g/mol. The number of nitrogens with zero attached hydrogens (tertiary/aromatic N) is 3. The summed E-state index contributed by atoms with van der Waals surface area (Å²) >= 11 is 1.59. The van der Waals surface area contributed by atoms with Gasteiger partial charge in [-0.1, -0.05) is 41.6 Å². The molecule has 2 aliphatic rings. The topological polar surface area (TPSA) is 35.9 Å². The number of likely N-dealkylation sites (N-methyl/N-ethyl adjacent to an activating group) is 1. The van der Waals surface area contributed by atoms with Crippen molar-refractivity contribution in [2.24, 2.45) is 4.99 Å². The third-order valence-corrected chi connectivity index (χ3v) is 5.08. The van der Waals surface area contributed by atoms with Crippen LogP contribution in [0, 0.1) is 6.92 Å². The number of amidine groups is 1. The lowest BCUT2D eigenvalue weighted by atomic mass is 10.1. The van der Waals surface area contributed by atoms with Gasteiger partial charge in [0.05, 0.1) is 0 Å². The number of carbonyl (C=O) groups is 1. The van der Waals surface area contributed by atoms with Crippen molar-refractivity contribution in [2.45, 2.75) is 12.2 Å². The predicted molar refractivity (Wildman–Crippen MR) is 83.0 cm³/mol. The van der Waals surface area contributed by atoms with E-state index in [0.29, 0.717) is 0 Å². The van der Waals surface area contributed by atoms with E-state index in [9.17, 15) is 4.79 Å². The molecule has 2 aliphatic heterocycles. The first kappa shape index (κ1) is 13.6. The number of hydrogen-bond acceptors (Lipinski definition) is 4. The Balaban J connectivity index is 1.70. The van der Waals surface area contributed by atoms with Crippen molar-refractivity contribution in [3.05, 3.63) is 35.4 Å². The lowest BCUT2D eigenvalue weighted by Crippen LogP contribution is -2.46. The van der Waals surface area contributed by atoms with Crippen LogP contribution in [-0.2, 0) is 4.79 Å². The molecule has 1 atom stereocenters. The highest BCUT2D eigenvalue weighted by Gasteiger charge is 2.33. The Bertz CT molecular complexity index is 533. The van der Waals surface area contributed by atoms with Crippen molar-refractivity contribution < 1.29 is 4.79 Å². The molecule has 1 aromatic carbocycles. The minimum atomic E-state index is -0.162. The Hall–Kier alpha value is -1.33. The number of amides is 1. The number of rotatable bonds is 1. The van der Waals surface area contributed by atoms with Crippen molar-refractivity contribution in [1.82, 2.24) is 9.80 Å². The fourth-order valence-corrected chi connectivity index (χ4v) is 3.56. The second kappa shape index (κ2) is 5.58. The van der Waals surface area contributed by atoms with Crippen LogP contribution in [0.3, 0.4) is 0 Å². The van der Waals surface area contributed by atoms with Crippen LogP contribution in [0.5, 0.6) is 0 Å². The van der Waals surface area contributed by atoms with Crippen molar-refractivity contribution in [2.75, 3.05) is 33.2 Å². The summed E-state index contributed by atoms with van der Waals surface area (Å²) in [6, 6.07) is 8.18. The zero-order valence-electron chi connectivity index (χ0n) is 11.9. The molecule has 0 spiro atoms. The molecule has 5 heteroatoms. The molecule has 0 N–H and O–H groups in total. The van der Waals surface area contributed by atoms with E-state index in [4.69, 9.17) is 0 Å². The van der Waals surface area contributed by atoms with Crippen LogP contribution in [-0.4, -0.2) is 54.1 Å². The van der Waals surface area contributed by atoms with Gasteiger partial charge in [0.1, 0.15) is 5.25 Å². The van der Waals surface area contributed by atoms with Gasteiger partial charge in [0.25, 0.3) is 5.91 Å². The van der Waals surface area contributed by atoms with Crippen LogP contribution < -0.4 is 0 Å². The molecule has 0 saturated carbocycles. The molecule has 0 aromatic heterocycles. The fourth-order valence-electron chi connectivity index (χ4n) is 2.43. The average Bonchev–Trinajstić information content (AvgIpc) is 2.82. The molecule has 20 heavy (non-hydrogen) atoms. The van der Waals surface area contributed by atoms with Crippen molar-refractivity contribution >= 4 is 22.8 Å². The van der Waals surface area contributed by atoms with E-state index >= 15 is 0 Å². The quantitative estimate of drug-likeness (QED) is 0.791. The Labute approximate surface area is 123 Å². The second-order valence-corrected chi connectivity index (χ2v) is 6.50. The first-order chi connectivity index (χ1) is 9.63. The van der Waals surface area contributed by atoms with Crippen LogP contribution in [0.4, 0.5) is 0 Å². The first-order valence-electron chi connectivity index (χ1n) is 6.93. The zero-order chi connectivity index (χ0) is 14.1. The molecule has 1 amide bonds. The molecule has 2 heterocycles. The van der Waals surface area contributed by atoms with Crippen LogP contribution in [0.2, 0.25) is 0 Å². The number of benzene rings is 1. The molecule has 106 valence electrons. The van der Waals surface area contributed by atoms with E-state index in [0.717, 1.165) is 36.9 Å². The van der Waals surface area contributed by atoms with Gasteiger partial charge in [-0.25, -0.2) is 0 Å². The van der Waals surface area contributed by atoms with Crippen LogP contribution in [0.25, 0.3) is 0 Å². The highest BCUT2D eigenvalue weighted by molar-refractivity contribution is 8.15. The Kier molecular flexibility index (Phi) is 3.81. The summed E-state index contributed by atoms with van der Waals surface area (Å²) in [6.45, 7) is 6.03. The number of carbonyl (C=O) groups excluding carboxylic acids is 1. The van der Waals surface area contributed by atoms with Crippen molar-refractivity contribution in [3.8, 4) is 0 Å². The van der Waals surface area contributed by atoms with Crippen LogP contribution >= 0.6 is 11.8 Å². The number of thioether (sulfide) groups is 1. The van der Waals surface area contributed by atoms with Gasteiger partial charge in [0, 0.05) is 26.2 Å². The molecule has 3 rings (SSSR count). The van der Waals surface area contributed by atoms with Gasteiger partial charge in [0.2, 0.25) is 0 Å². The van der Waals surface area contributed by atoms with E-state index < -0.39 is 0 Å². The Morgan fingerprint density at radius 2 is 1.80 bits per heavy atom. The highest BCUT2D eigenvalue weighted by Crippen LogP contribution is 2.37. The number of hydrogen-bond donors (Lipinski definition) is 0. The van der Waals surface area contributed by atoms with E-state index in [1.165, 1.54) is 5.56 Å². The average molecular weight is 289 g/mol. The standard InChI is InChI=1S/C15H19N3OS/c1-11-3-5-12(6-4-11)13-14(19)16-15(20-13)18-9-7-17(2)8-10-18/h3-6,13H,7-10H2,1-2H3. The molecule has 0 aliphatic carbocycles. The maximum Gasteiger partial charge on any atom is 0.266 e. The van der Waals surface area contributed by atoms with Gasteiger partial charge >= 0.3 is 0 Å². The smallest absolute Gasteiger partial charge is 0.266 e. The van der Waals surface area contributed by atoms with Gasteiger partial charge in [0.15, 0.2) is 5.17 Å². The van der Waals surface area contributed by atoms with Gasteiger partial charge in [-0.15, -0.1) is 0 Å². The summed E-state index contributed by atoms with van der Waals surface area (Å²) < 4.78 is 0. The highest BCUT2D eigenvalue weighted by atomic mass is 32.2.